The van der Waals surface area contributed by atoms with E-state index in [2.05, 4.69) is 0 Å². The summed E-state index contributed by atoms with van der Waals surface area (Å²) in [7, 11) is 0. The smallest absolute Gasteiger partial charge is 0.249 e. The van der Waals surface area contributed by atoms with E-state index >= 15 is 0 Å². The van der Waals surface area contributed by atoms with Crippen LogP contribution in [0.1, 0.15) is 30.9 Å². The highest BCUT2D eigenvalue weighted by atomic mass is 19.3. The Morgan fingerprint density at radius 1 is 1.40 bits per heavy atom. The molecule has 1 aliphatic rings. The topological polar surface area (TPSA) is 20.2 Å². The first-order valence-electron chi connectivity index (χ1n) is 5.09. The van der Waals surface area contributed by atoms with Gasteiger partial charge in [0.25, 0.3) is 0 Å². The highest BCUT2D eigenvalue weighted by Gasteiger charge is 2.42. The van der Waals surface area contributed by atoms with Gasteiger partial charge in [0, 0.05) is 6.42 Å². The molecule has 82 valence electrons. The van der Waals surface area contributed by atoms with Crippen molar-refractivity contribution in [3.05, 3.63) is 35.4 Å². The third-order valence-corrected chi connectivity index (χ3v) is 2.70. The minimum Gasteiger partial charge on any atom is -0.385 e. The minimum atomic E-state index is -2.69. The van der Waals surface area contributed by atoms with Crippen molar-refractivity contribution in [2.75, 3.05) is 0 Å². The molecule has 3 heteroatoms. The van der Waals surface area contributed by atoms with E-state index in [0.717, 1.165) is 25.3 Å². The van der Waals surface area contributed by atoms with Gasteiger partial charge in [0.15, 0.2) is 0 Å². The van der Waals surface area contributed by atoms with Gasteiger partial charge in [-0.3, -0.25) is 0 Å². The van der Waals surface area contributed by atoms with Crippen molar-refractivity contribution in [2.24, 2.45) is 0 Å². The summed E-state index contributed by atoms with van der Waals surface area (Å²) in [5, 5.41) is 9.84. The molecule has 0 spiro atoms. The fourth-order valence-corrected chi connectivity index (χ4v) is 1.74. The Hall–Kier alpha value is -0.960. The minimum absolute atomic E-state index is 0.267. The van der Waals surface area contributed by atoms with Crippen molar-refractivity contribution < 1.29 is 13.9 Å². The van der Waals surface area contributed by atoms with Gasteiger partial charge in [-0.1, -0.05) is 24.3 Å². The second-order valence-electron chi connectivity index (χ2n) is 4.48. The van der Waals surface area contributed by atoms with Crippen LogP contribution >= 0.6 is 0 Å². The molecule has 1 aliphatic carbocycles. The van der Waals surface area contributed by atoms with Crippen LogP contribution in [-0.2, 0) is 12.0 Å². The van der Waals surface area contributed by atoms with Crippen LogP contribution in [0.2, 0.25) is 0 Å². The van der Waals surface area contributed by atoms with Crippen LogP contribution in [0, 0.1) is 0 Å². The van der Waals surface area contributed by atoms with E-state index in [9.17, 15) is 13.9 Å². The molecular formula is C12H14F2O. The van der Waals surface area contributed by atoms with E-state index in [1.807, 2.05) is 0 Å². The predicted molar refractivity (Wildman–Crippen MR) is 53.9 cm³/mol. The van der Waals surface area contributed by atoms with Crippen LogP contribution in [0.15, 0.2) is 24.3 Å². The fraction of sp³-hybridized carbons (Fsp3) is 0.500. The first-order valence-corrected chi connectivity index (χ1v) is 5.09. The van der Waals surface area contributed by atoms with E-state index in [1.165, 1.54) is 0 Å². The predicted octanol–water partition coefficient (Wildman–Crippen LogP) is 2.87. The van der Waals surface area contributed by atoms with Crippen LogP contribution in [0.3, 0.4) is 0 Å². The van der Waals surface area contributed by atoms with Crippen molar-refractivity contribution in [3.63, 3.8) is 0 Å². The molecule has 1 nitrogen and oxygen atoms in total. The Bertz CT molecular complexity index is 364. The zero-order valence-corrected chi connectivity index (χ0v) is 8.63. The normalized spacial score (nSPS) is 18.9. The highest BCUT2D eigenvalue weighted by Crippen LogP contribution is 2.45. The Labute approximate surface area is 87.7 Å². The molecule has 0 aromatic heterocycles. The molecule has 15 heavy (non-hydrogen) atoms. The van der Waals surface area contributed by atoms with Crippen molar-refractivity contribution in [1.29, 1.82) is 0 Å². The van der Waals surface area contributed by atoms with E-state index < -0.39 is 11.5 Å². The molecule has 0 radical (unpaired) electrons. The summed E-state index contributed by atoms with van der Waals surface area (Å²) in [4.78, 5) is 0. The van der Waals surface area contributed by atoms with Crippen molar-refractivity contribution in [2.45, 2.75) is 37.7 Å². The maximum absolute atomic E-state index is 12.8. The lowest BCUT2D eigenvalue weighted by molar-refractivity contribution is 0.0225. The summed E-state index contributed by atoms with van der Waals surface area (Å²) in [6.07, 6.45) is 1.20. The number of hydrogen-bond donors (Lipinski definition) is 1. The second-order valence-corrected chi connectivity index (χ2v) is 4.48. The van der Waals surface area contributed by atoms with Gasteiger partial charge in [-0.05, 0) is 30.9 Å². The van der Waals surface area contributed by atoms with Crippen molar-refractivity contribution in [1.82, 2.24) is 0 Å². The molecule has 0 aliphatic heterocycles. The van der Waals surface area contributed by atoms with Crippen LogP contribution in [-0.4, -0.2) is 11.0 Å². The first-order chi connectivity index (χ1) is 6.89. The average Bonchev–Trinajstić information content (AvgIpc) is 2.82. The molecule has 0 atom stereocenters. The molecule has 0 amide bonds. The average molecular weight is 212 g/mol. The van der Waals surface area contributed by atoms with Gasteiger partial charge >= 0.3 is 0 Å². The zero-order chi connectivity index (χ0) is 11.1. The zero-order valence-electron chi connectivity index (χ0n) is 8.63. The summed E-state index contributed by atoms with van der Waals surface area (Å²) < 4.78 is 25.6. The molecule has 1 fully saturated rings. The standard InChI is InChI=1S/C12H14F2O/c1-11(13,14)8-9-3-2-4-10(7-9)12(15)5-6-12/h2-4,7,15H,5-6,8H2,1H3. The lowest BCUT2D eigenvalue weighted by Crippen LogP contribution is -2.14. The van der Waals surface area contributed by atoms with E-state index in [0.29, 0.717) is 5.56 Å². The van der Waals surface area contributed by atoms with Crippen LogP contribution in [0.4, 0.5) is 8.78 Å². The van der Waals surface area contributed by atoms with E-state index in [1.54, 1.807) is 24.3 Å². The summed E-state index contributed by atoms with van der Waals surface area (Å²) in [6, 6.07) is 6.88. The van der Waals surface area contributed by atoms with Gasteiger partial charge in [0.2, 0.25) is 5.92 Å². The molecule has 2 rings (SSSR count). The molecule has 0 unspecified atom stereocenters. The molecule has 1 aromatic rings. The maximum atomic E-state index is 12.8. The molecule has 0 bridgehead atoms. The Morgan fingerprint density at radius 3 is 2.60 bits per heavy atom. The fourth-order valence-electron chi connectivity index (χ4n) is 1.74. The largest absolute Gasteiger partial charge is 0.385 e. The van der Waals surface area contributed by atoms with Gasteiger partial charge in [0.1, 0.15) is 0 Å². The first kappa shape index (κ1) is 10.6. The SMILES string of the molecule is CC(F)(F)Cc1cccc(C2(O)CC2)c1. The maximum Gasteiger partial charge on any atom is 0.249 e. The Kier molecular flexibility index (Phi) is 2.30. The monoisotopic (exact) mass is 212 g/mol. The highest BCUT2D eigenvalue weighted by molar-refractivity contribution is 5.32. The van der Waals surface area contributed by atoms with Crippen LogP contribution < -0.4 is 0 Å². The molecule has 1 aromatic carbocycles. The molecular weight excluding hydrogens is 198 g/mol. The summed E-state index contributed by atoms with van der Waals surface area (Å²) in [5.41, 5.74) is 0.614. The number of aliphatic hydroxyl groups is 1. The third-order valence-electron chi connectivity index (χ3n) is 2.70. The second kappa shape index (κ2) is 3.27. The lowest BCUT2D eigenvalue weighted by atomic mass is 10.0. The van der Waals surface area contributed by atoms with Gasteiger partial charge in [-0.15, -0.1) is 0 Å². The van der Waals surface area contributed by atoms with E-state index in [4.69, 9.17) is 0 Å². The van der Waals surface area contributed by atoms with Gasteiger partial charge in [0.05, 0.1) is 5.60 Å². The van der Waals surface area contributed by atoms with Gasteiger partial charge in [-0.25, -0.2) is 8.78 Å². The quantitative estimate of drug-likeness (QED) is 0.816. The van der Waals surface area contributed by atoms with Crippen molar-refractivity contribution >= 4 is 0 Å². The Balaban J connectivity index is 2.20. The number of benzene rings is 1. The van der Waals surface area contributed by atoms with Crippen LogP contribution in [0.25, 0.3) is 0 Å². The summed E-state index contributed by atoms with van der Waals surface area (Å²) in [5.74, 6) is -2.69. The van der Waals surface area contributed by atoms with Crippen LogP contribution in [0.5, 0.6) is 0 Å². The molecule has 1 N–H and O–H groups in total. The third kappa shape index (κ3) is 2.53. The molecule has 1 saturated carbocycles. The van der Waals surface area contributed by atoms with Gasteiger partial charge < -0.3 is 5.11 Å². The Morgan fingerprint density at radius 2 is 2.07 bits per heavy atom. The summed E-state index contributed by atoms with van der Waals surface area (Å²) in [6.45, 7) is 0.908. The molecule has 0 saturated heterocycles. The number of hydrogen-bond acceptors (Lipinski definition) is 1. The molecule has 0 heterocycles. The number of halogens is 2. The number of rotatable bonds is 3. The number of alkyl halides is 2. The summed E-state index contributed by atoms with van der Waals surface area (Å²) >= 11 is 0. The van der Waals surface area contributed by atoms with Gasteiger partial charge in [-0.2, -0.15) is 0 Å². The van der Waals surface area contributed by atoms with Crippen molar-refractivity contribution in [3.8, 4) is 0 Å². The lowest BCUT2D eigenvalue weighted by Gasteiger charge is -2.13. The van der Waals surface area contributed by atoms with E-state index in [-0.39, 0.29) is 6.42 Å².